The zero-order valence-electron chi connectivity index (χ0n) is 27.7. The van der Waals surface area contributed by atoms with E-state index in [9.17, 15) is 9.59 Å². The summed E-state index contributed by atoms with van der Waals surface area (Å²) in [5.41, 5.74) is 1.25. The Bertz CT molecular complexity index is 1870. The van der Waals surface area contributed by atoms with Gasteiger partial charge in [-0.2, -0.15) is 0 Å². The Labute approximate surface area is 285 Å². The SMILES string of the molecule is COc1ccc(C(OC[C@H]2O[C@@H](n3cc(C)c(=O)[nH]c3=O)CC2O[P@@]2O[C@@H]3C[C@]34CCCN24)(c2ccccc2)c2ccc(OC)cc2)cc1. The number of rotatable bonds is 11. The van der Waals surface area contributed by atoms with Crippen LogP contribution in [0.1, 0.15) is 54.2 Å². The van der Waals surface area contributed by atoms with Crippen LogP contribution < -0.4 is 20.7 Å². The second-order valence-electron chi connectivity index (χ2n) is 13.2. The molecule has 256 valence electrons. The van der Waals surface area contributed by atoms with E-state index in [1.807, 2.05) is 66.7 Å². The predicted molar refractivity (Wildman–Crippen MR) is 183 cm³/mol. The van der Waals surface area contributed by atoms with Crippen LogP contribution in [0.4, 0.5) is 0 Å². The van der Waals surface area contributed by atoms with Gasteiger partial charge in [0.15, 0.2) is 0 Å². The van der Waals surface area contributed by atoms with Crippen molar-refractivity contribution in [1.82, 2.24) is 14.2 Å². The molecule has 4 aromatic rings. The van der Waals surface area contributed by atoms with Crippen molar-refractivity contribution in [2.24, 2.45) is 0 Å². The standard InChI is InChI=1S/C37H40N3O8P/c1-24-22-39(35(42)38-34(24)41)33-20-30(47-49-40-19-7-18-36(40)21-32(36)48-49)31(46-33)23-45-37(25-8-5-4-6-9-25,26-10-14-28(43-2)15-11-26)27-12-16-29(44-3)17-13-27/h4-6,8-17,22,30-33H,7,18-21,23H2,1-3H3,(H,38,41,42)/t30?,31-,32-,33-,36-,49+/m1/s1. The molecule has 4 heterocycles. The van der Waals surface area contributed by atoms with Gasteiger partial charge in [-0.3, -0.25) is 14.3 Å². The van der Waals surface area contributed by atoms with E-state index in [0.717, 1.165) is 54.0 Å². The number of nitrogens with one attached hydrogen (secondary N) is 1. The van der Waals surface area contributed by atoms with E-state index >= 15 is 0 Å². The van der Waals surface area contributed by atoms with Crippen molar-refractivity contribution in [1.29, 1.82) is 0 Å². The maximum atomic E-state index is 13.0. The molecule has 1 N–H and O–H groups in total. The molecule has 3 saturated heterocycles. The van der Waals surface area contributed by atoms with Crippen LogP contribution in [0.5, 0.6) is 11.5 Å². The fourth-order valence-corrected chi connectivity index (χ4v) is 9.80. The first-order valence-electron chi connectivity index (χ1n) is 16.7. The van der Waals surface area contributed by atoms with Gasteiger partial charge in [0.25, 0.3) is 14.1 Å². The maximum absolute atomic E-state index is 13.0. The normalized spacial score (nSPS) is 27.5. The highest BCUT2D eigenvalue weighted by atomic mass is 31.2. The lowest BCUT2D eigenvalue weighted by Gasteiger charge is -2.37. The van der Waals surface area contributed by atoms with Crippen molar-refractivity contribution in [3.63, 3.8) is 0 Å². The largest absolute Gasteiger partial charge is 0.497 e. The molecule has 1 saturated carbocycles. The average Bonchev–Trinajstić information content (AvgIpc) is 3.39. The van der Waals surface area contributed by atoms with Crippen molar-refractivity contribution in [2.45, 2.75) is 68.3 Å². The Morgan fingerprint density at radius 2 is 1.59 bits per heavy atom. The van der Waals surface area contributed by atoms with Crippen LogP contribution in [0.15, 0.2) is 94.6 Å². The minimum Gasteiger partial charge on any atom is -0.497 e. The van der Waals surface area contributed by atoms with Crippen molar-refractivity contribution in [3.05, 3.63) is 128 Å². The van der Waals surface area contributed by atoms with E-state index in [4.69, 9.17) is 28.0 Å². The first-order valence-corrected chi connectivity index (χ1v) is 17.8. The molecule has 11 nitrogen and oxygen atoms in total. The number of methoxy groups -OCH3 is 2. The smallest absolute Gasteiger partial charge is 0.330 e. The number of aromatic nitrogens is 2. The van der Waals surface area contributed by atoms with Gasteiger partial charge < -0.3 is 28.0 Å². The van der Waals surface area contributed by atoms with Gasteiger partial charge in [-0.15, -0.1) is 0 Å². The highest BCUT2D eigenvalue weighted by molar-refractivity contribution is 7.45. The first kappa shape index (κ1) is 32.4. The molecule has 49 heavy (non-hydrogen) atoms. The Morgan fingerprint density at radius 3 is 2.24 bits per heavy atom. The highest BCUT2D eigenvalue weighted by Crippen LogP contribution is 2.71. The van der Waals surface area contributed by atoms with Crippen molar-refractivity contribution < 1.29 is 28.0 Å². The van der Waals surface area contributed by atoms with Gasteiger partial charge in [0, 0.05) is 24.7 Å². The molecular weight excluding hydrogens is 645 g/mol. The lowest BCUT2D eigenvalue weighted by molar-refractivity contribution is -0.0921. The van der Waals surface area contributed by atoms with Gasteiger partial charge in [-0.25, -0.2) is 9.46 Å². The van der Waals surface area contributed by atoms with Crippen molar-refractivity contribution in [3.8, 4) is 11.5 Å². The molecule has 0 bridgehead atoms. The zero-order valence-corrected chi connectivity index (χ0v) is 28.6. The van der Waals surface area contributed by atoms with Gasteiger partial charge in [0.05, 0.1) is 38.6 Å². The summed E-state index contributed by atoms with van der Waals surface area (Å²) < 4.78 is 42.0. The van der Waals surface area contributed by atoms with Gasteiger partial charge >= 0.3 is 5.69 Å². The number of nitrogens with zero attached hydrogens (tertiary/aromatic N) is 2. The molecule has 1 spiro atoms. The number of ether oxygens (including phenoxy) is 4. The lowest BCUT2D eigenvalue weighted by atomic mass is 9.80. The summed E-state index contributed by atoms with van der Waals surface area (Å²) >= 11 is 0. The summed E-state index contributed by atoms with van der Waals surface area (Å²) in [5, 5.41) is 0. The summed E-state index contributed by atoms with van der Waals surface area (Å²) in [7, 11) is 2.00. The van der Waals surface area contributed by atoms with Crippen molar-refractivity contribution in [2.75, 3.05) is 27.4 Å². The molecule has 4 fully saturated rings. The lowest BCUT2D eigenvalue weighted by Crippen LogP contribution is -2.38. The fraction of sp³-hybridized carbons (Fsp3) is 0.405. The average molecular weight is 686 g/mol. The number of hydrogen-bond donors (Lipinski definition) is 1. The molecule has 1 unspecified atom stereocenters. The number of aromatic amines is 1. The monoisotopic (exact) mass is 685 g/mol. The van der Waals surface area contributed by atoms with Gasteiger partial charge in [-0.1, -0.05) is 54.6 Å². The van der Waals surface area contributed by atoms with Gasteiger partial charge in [-0.05, 0) is 67.1 Å². The van der Waals surface area contributed by atoms with Crippen molar-refractivity contribution >= 4 is 8.53 Å². The Hall–Kier alpha value is -3.83. The van der Waals surface area contributed by atoms with E-state index in [0.29, 0.717) is 12.0 Å². The third-order valence-electron chi connectivity index (χ3n) is 10.4. The molecule has 4 aliphatic rings. The minimum absolute atomic E-state index is 0.120. The topological polar surface area (TPSA) is 113 Å². The minimum atomic E-state index is -1.29. The van der Waals surface area contributed by atoms with E-state index in [1.165, 1.54) is 4.57 Å². The number of H-pyrrole nitrogens is 1. The fourth-order valence-electron chi connectivity index (χ4n) is 7.64. The van der Waals surface area contributed by atoms with E-state index in [-0.39, 0.29) is 18.2 Å². The molecule has 12 heteroatoms. The Morgan fingerprint density at radius 1 is 0.939 bits per heavy atom. The van der Waals surface area contributed by atoms with Crippen LogP contribution in [0.3, 0.4) is 0 Å². The third-order valence-corrected chi connectivity index (χ3v) is 12.3. The number of hydrogen-bond acceptors (Lipinski definition) is 9. The Kier molecular flexibility index (Phi) is 8.46. The highest BCUT2D eigenvalue weighted by Gasteiger charge is 2.70. The quantitative estimate of drug-likeness (QED) is 0.164. The molecule has 0 radical (unpaired) electrons. The summed E-state index contributed by atoms with van der Waals surface area (Å²) in [5.74, 6) is 1.46. The zero-order chi connectivity index (χ0) is 33.8. The van der Waals surface area contributed by atoms with Gasteiger partial charge in [0.1, 0.15) is 29.4 Å². The first-order chi connectivity index (χ1) is 23.8. The van der Waals surface area contributed by atoms with Crippen LogP contribution in [-0.4, -0.2) is 65.4 Å². The Balaban J connectivity index is 1.17. The maximum Gasteiger partial charge on any atom is 0.330 e. The molecule has 0 amide bonds. The van der Waals surface area contributed by atoms with Crippen LogP contribution in [0, 0.1) is 6.92 Å². The summed E-state index contributed by atoms with van der Waals surface area (Å²) in [6.07, 6.45) is 3.80. The van der Waals surface area contributed by atoms with Crippen LogP contribution >= 0.6 is 8.53 Å². The second-order valence-corrected chi connectivity index (χ2v) is 14.5. The molecule has 8 rings (SSSR count). The van der Waals surface area contributed by atoms with E-state index < -0.39 is 43.8 Å². The van der Waals surface area contributed by atoms with Crippen LogP contribution in [-0.2, 0) is 24.1 Å². The summed E-state index contributed by atoms with van der Waals surface area (Å²) in [6, 6.07) is 25.8. The predicted octanol–water partition coefficient (Wildman–Crippen LogP) is 5.41. The van der Waals surface area contributed by atoms with Gasteiger partial charge in [0.2, 0.25) is 0 Å². The van der Waals surface area contributed by atoms with E-state index in [1.54, 1.807) is 27.3 Å². The molecule has 6 atom stereocenters. The number of benzene rings is 3. The van der Waals surface area contributed by atoms with Crippen LogP contribution in [0.25, 0.3) is 0 Å². The molecular formula is C37H40N3O8P. The molecule has 1 aliphatic carbocycles. The third kappa shape index (κ3) is 5.62. The van der Waals surface area contributed by atoms with E-state index in [2.05, 4.69) is 21.8 Å². The molecule has 1 aromatic heterocycles. The summed E-state index contributed by atoms with van der Waals surface area (Å²) in [6.45, 7) is 2.75. The van der Waals surface area contributed by atoms with Crippen LogP contribution in [0.2, 0.25) is 0 Å². The molecule has 3 aromatic carbocycles. The second kappa shape index (κ2) is 12.8. The number of aryl methyl sites for hydroxylation is 1. The summed E-state index contributed by atoms with van der Waals surface area (Å²) in [4.78, 5) is 27.6. The molecule has 3 aliphatic heterocycles.